The van der Waals surface area contributed by atoms with E-state index in [9.17, 15) is 4.79 Å². The van der Waals surface area contributed by atoms with Crippen LogP contribution >= 0.6 is 0 Å². The number of nitrogens with zero attached hydrogens (tertiary/aromatic N) is 3. The highest BCUT2D eigenvalue weighted by molar-refractivity contribution is 5.69. The summed E-state index contributed by atoms with van der Waals surface area (Å²) >= 11 is 0. The van der Waals surface area contributed by atoms with E-state index in [0.717, 1.165) is 18.7 Å². The Kier molecular flexibility index (Phi) is 5.59. The van der Waals surface area contributed by atoms with Crippen LogP contribution in [-0.4, -0.2) is 38.8 Å². The molecule has 1 aliphatic rings. The molecule has 0 atom stereocenters. The van der Waals surface area contributed by atoms with Crippen LogP contribution in [0.2, 0.25) is 0 Å². The Morgan fingerprint density at radius 1 is 1.45 bits per heavy atom. The summed E-state index contributed by atoms with van der Waals surface area (Å²) < 4.78 is 2.08. The summed E-state index contributed by atoms with van der Waals surface area (Å²) in [6, 6.07) is 2.57. The minimum atomic E-state index is -0.773. The van der Waals surface area contributed by atoms with Crippen molar-refractivity contribution in [2.24, 2.45) is 0 Å². The number of aliphatic carboxylic acids is 1. The van der Waals surface area contributed by atoms with E-state index >= 15 is 0 Å². The second-order valence-corrected chi connectivity index (χ2v) is 5.68. The predicted molar refractivity (Wildman–Crippen MR) is 77.6 cm³/mol. The Labute approximate surface area is 120 Å². The first-order valence-electron chi connectivity index (χ1n) is 7.67. The lowest BCUT2D eigenvalue weighted by Crippen LogP contribution is -2.30. The summed E-state index contributed by atoms with van der Waals surface area (Å²) in [5.41, 5.74) is 0.977. The monoisotopic (exact) mass is 279 g/mol. The second-order valence-electron chi connectivity index (χ2n) is 5.68. The molecule has 0 saturated heterocycles. The van der Waals surface area contributed by atoms with Crippen LogP contribution in [0, 0.1) is 0 Å². The van der Waals surface area contributed by atoms with Gasteiger partial charge in [-0.2, -0.15) is 5.10 Å². The van der Waals surface area contributed by atoms with Gasteiger partial charge in [0.2, 0.25) is 0 Å². The van der Waals surface area contributed by atoms with E-state index in [1.54, 1.807) is 0 Å². The van der Waals surface area contributed by atoms with E-state index in [-0.39, 0.29) is 6.54 Å². The number of rotatable bonds is 7. The molecule has 0 amide bonds. The molecule has 0 aromatic carbocycles. The topological polar surface area (TPSA) is 58.4 Å². The van der Waals surface area contributed by atoms with Crippen LogP contribution in [-0.2, 0) is 11.3 Å². The van der Waals surface area contributed by atoms with Crippen LogP contribution < -0.4 is 0 Å². The molecule has 1 N–H and O–H groups in total. The predicted octanol–water partition coefficient (Wildman–Crippen LogP) is 2.68. The molecule has 5 nitrogen and oxygen atoms in total. The van der Waals surface area contributed by atoms with Gasteiger partial charge in [0.15, 0.2) is 0 Å². The smallest absolute Gasteiger partial charge is 0.317 e. The van der Waals surface area contributed by atoms with Gasteiger partial charge in [-0.3, -0.25) is 14.4 Å². The standard InChI is InChI=1S/C15H25N3O2/c1-2-9-17(12-15(19)20)11-13-8-10-18(16-13)14-6-4-3-5-7-14/h8,10,14H,2-7,9,11-12H2,1H3,(H,19,20). The first-order chi connectivity index (χ1) is 9.69. The number of hydrogen-bond donors (Lipinski definition) is 1. The van der Waals surface area contributed by atoms with Crippen LogP contribution in [0.25, 0.3) is 0 Å². The summed E-state index contributed by atoms with van der Waals surface area (Å²) in [4.78, 5) is 12.8. The highest BCUT2D eigenvalue weighted by atomic mass is 16.4. The molecule has 20 heavy (non-hydrogen) atoms. The Bertz CT molecular complexity index is 425. The zero-order chi connectivity index (χ0) is 14.4. The molecule has 1 fully saturated rings. The number of carboxylic acids is 1. The van der Waals surface area contributed by atoms with Crippen molar-refractivity contribution in [3.8, 4) is 0 Å². The van der Waals surface area contributed by atoms with Gasteiger partial charge in [0, 0.05) is 12.7 Å². The molecule has 1 aromatic rings. The summed E-state index contributed by atoms with van der Waals surface area (Å²) in [5, 5.41) is 13.6. The maximum atomic E-state index is 10.9. The Morgan fingerprint density at radius 2 is 2.20 bits per heavy atom. The van der Waals surface area contributed by atoms with E-state index in [2.05, 4.69) is 22.9 Å². The van der Waals surface area contributed by atoms with Crippen molar-refractivity contribution >= 4 is 5.97 Å². The maximum absolute atomic E-state index is 10.9. The molecule has 2 rings (SSSR count). The van der Waals surface area contributed by atoms with Crippen LogP contribution in [0.3, 0.4) is 0 Å². The lowest BCUT2D eigenvalue weighted by molar-refractivity contribution is -0.138. The van der Waals surface area contributed by atoms with Crippen molar-refractivity contribution in [3.05, 3.63) is 18.0 Å². The van der Waals surface area contributed by atoms with Crippen LogP contribution in [0.5, 0.6) is 0 Å². The van der Waals surface area contributed by atoms with Gasteiger partial charge in [-0.25, -0.2) is 0 Å². The first kappa shape index (κ1) is 15.0. The van der Waals surface area contributed by atoms with Crippen molar-refractivity contribution < 1.29 is 9.90 Å². The fourth-order valence-corrected chi connectivity index (χ4v) is 2.96. The highest BCUT2D eigenvalue weighted by Crippen LogP contribution is 2.27. The third-order valence-electron chi connectivity index (χ3n) is 3.90. The van der Waals surface area contributed by atoms with Crippen molar-refractivity contribution in [2.45, 2.75) is 58.0 Å². The lowest BCUT2D eigenvalue weighted by Gasteiger charge is -2.22. The van der Waals surface area contributed by atoms with Crippen LogP contribution in [0.15, 0.2) is 12.3 Å². The van der Waals surface area contributed by atoms with Crippen molar-refractivity contribution in [2.75, 3.05) is 13.1 Å². The molecular weight excluding hydrogens is 254 g/mol. The van der Waals surface area contributed by atoms with Gasteiger partial charge in [0.25, 0.3) is 0 Å². The SMILES string of the molecule is CCCN(CC(=O)O)Cc1ccn(C2CCCCC2)n1. The van der Waals surface area contributed by atoms with Crippen molar-refractivity contribution in [1.82, 2.24) is 14.7 Å². The minimum absolute atomic E-state index is 0.0874. The Hall–Kier alpha value is -1.36. The van der Waals surface area contributed by atoms with Gasteiger partial charge >= 0.3 is 5.97 Å². The summed E-state index contributed by atoms with van der Waals surface area (Å²) in [6.07, 6.45) is 9.37. The molecule has 1 aromatic heterocycles. The molecular formula is C15H25N3O2. The molecule has 0 unspecified atom stereocenters. The molecule has 112 valence electrons. The van der Waals surface area contributed by atoms with Gasteiger partial charge in [0.05, 0.1) is 18.3 Å². The van der Waals surface area contributed by atoms with Gasteiger partial charge < -0.3 is 5.11 Å². The van der Waals surface area contributed by atoms with Crippen LogP contribution in [0.4, 0.5) is 0 Å². The molecule has 0 aliphatic heterocycles. The molecule has 1 saturated carbocycles. The molecule has 1 aliphatic carbocycles. The highest BCUT2D eigenvalue weighted by Gasteiger charge is 2.17. The minimum Gasteiger partial charge on any atom is -0.480 e. The fourth-order valence-electron chi connectivity index (χ4n) is 2.96. The zero-order valence-electron chi connectivity index (χ0n) is 12.3. The van der Waals surface area contributed by atoms with Gasteiger partial charge in [-0.05, 0) is 31.9 Å². The Morgan fingerprint density at radius 3 is 2.85 bits per heavy atom. The maximum Gasteiger partial charge on any atom is 0.317 e. The summed E-state index contributed by atoms with van der Waals surface area (Å²) in [7, 11) is 0. The number of aromatic nitrogens is 2. The van der Waals surface area contributed by atoms with E-state index < -0.39 is 5.97 Å². The molecule has 0 spiro atoms. The van der Waals surface area contributed by atoms with Gasteiger partial charge in [-0.1, -0.05) is 26.2 Å². The van der Waals surface area contributed by atoms with E-state index in [4.69, 9.17) is 5.11 Å². The number of carboxylic acid groups (broad SMARTS) is 1. The zero-order valence-corrected chi connectivity index (χ0v) is 12.3. The fraction of sp³-hybridized carbons (Fsp3) is 0.733. The largest absolute Gasteiger partial charge is 0.480 e. The first-order valence-corrected chi connectivity index (χ1v) is 7.67. The summed E-state index contributed by atoms with van der Waals surface area (Å²) in [5.74, 6) is -0.773. The quantitative estimate of drug-likeness (QED) is 0.833. The van der Waals surface area contributed by atoms with Crippen LogP contribution in [0.1, 0.15) is 57.2 Å². The third kappa shape index (κ3) is 4.34. The molecule has 0 bridgehead atoms. The third-order valence-corrected chi connectivity index (χ3v) is 3.90. The molecule has 5 heteroatoms. The summed E-state index contributed by atoms with van der Waals surface area (Å²) in [6.45, 7) is 3.57. The second kappa shape index (κ2) is 7.43. The number of carbonyl (C=O) groups is 1. The number of hydrogen-bond acceptors (Lipinski definition) is 3. The van der Waals surface area contributed by atoms with Gasteiger partial charge in [-0.15, -0.1) is 0 Å². The molecule has 1 heterocycles. The van der Waals surface area contributed by atoms with E-state index in [0.29, 0.717) is 12.6 Å². The Balaban J connectivity index is 1.94. The van der Waals surface area contributed by atoms with E-state index in [1.165, 1.54) is 32.1 Å². The normalized spacial score (nSPS) is 16.7. The van der Waals surface area contributed by atoms with Crippen molar-refractivity contribution in [1.29, 1.82) is 0 Å². The lowest BCUT2D eigenvalue weighted by atomic mass is 9.96. The average Bonchev–Trinajstić information content (AvgIpc) is 2.88. The van der Waals surface area contributed by atoms with Crippen molar-refractivity contribution in [3.63, 3.8) is 0 Å². The van der Waals surface area contributed by atoms with Gasteiger partial charge in [0.1, 0.15) is 0 Å². The van der Waals surface area contributed by atoms with E-state index in [1.807, 2.05) is 11.0 Å². The average molecular weight is 279 g/mol. The molecule has 0 radical (unpaired) electrons.